The fourth-order valence-corrected chi connectivity index (χ4v) is 2.07. The summed E-state index contributed by atoms with van der Waals surface area (Å²) < 4.78 is 0. The van der Waals surface area contributed by atoms with Crippen molar-refractivity contribution < 1.29 is 9.59 Å². The van der Waals surface area contributed by atoms with Crippen molar-refractivity contribution in [1.82, 2.24) is 15.5 Å². The van der Waals surface area contributed by atoms with Gasteiger partial charge in [-0.25, -0.2) is 4.79 Å². The number of carbonyl (C=O) groups is 2. The number of hydrogen-bond acceptors (Lipinski definition) is 4. The molecule has 0 aromatic carbocycles. The van der Waals surface area contributed by atoms with E-state index in [4.69, 9.17) is 5.73 Å². The summed E-state index contributed by atoms with van der Waals surface area (Å²) in [6.07, 6.45) is 3.73. The van der Waals surface area contributed by atoms with E-state index in [9.17, 15) is 9.59 Å². The topological polar surface area (TPSA) is 87.5 Å². The summed E-state index contributed by atoms with van der Waals surface area (Å²) in [5.41, 5.74) is 5.63. The van der Waals surface area contributed by atoms with E-state index in [0.29, 0.717) is 19.0 Å². The van der Waals surface area contributed by atoms with Crippen LogP contribution in [0, 0.1) is 5.92 Å². The second kappa shape index (κ2) is 7.84. The van der Waals surface area contributed by atoms with E-state index in [1.54, 1.807) is 6.08 Å². The van der Waals surface area contributed by atoms with Gasteiger partial charge >= 0.3 is 6.03 Å². The van der Waals surface area contributed by atoms with E-state index in [1.807, 2.05) is 4.90 Å². The van der Waals surface area contributed by atoms with Crippen LogP contribution < -0.4 is 16.4 Å². The third kappa shape index (κ3) is 5.29. The molecule has 4 N–H and O–H groups in total. The summed E-state index contributed by atoms with van der Waals surface area (Å²) in [4.78, 5) is 24.9. The van der Waals surface area contributed by atoms with Crippen LogP contribution in [0.15, 0.2) is 12.7 Å². The first-order valence-corrected chi connectivity index (χ1v) is 6.26. The van der Waals surface area contributed by atoms with Crippen LogP contribution in [0.5, 0.6) is 0 Å². The van der Waals surface area contributed by atoms with Gasteiger partial charge in [-0.05, 0) is 31.8 Å². The second-order valence-electron chi connectivity index (χ2n) is 4.53. The molecular weight excluding hydrogens is 232 g/mol. The van der Waals surface area contributed by atoms with Gasteiger partial charge in [0.05, 0.1) is 6.54 Å². The molecule has 1 atom stereocenters. The Balaban J connectivity index is 2.26. The van der Waals surface area contributed by atoms with E-state index in [0.717, 1.165) is 25.9 Å². The van der Waals surface area contributed by atoms with Crippen molar-refractivity contribution in [2.24, 2.45) is 11.7 Å². The molecule has 0 radical (unpaired) electrons. The zero-order chi connectivity index (χ0) is 13.4. The monoisotopic (exact) mass is 254 g/mol. The van der Waals surface area contributed by atoms with Crippen molar-refractivity contribution in [1.29, 1.82) is 0 Å². The van der Waals surface area contributed by atoms with Gasteiger partial charge in [0.1, 0.15) is 0 Å². The Morgan fingerprint density at radius 1 is 1.50 bits per heavy atom. The Morgan fingerprint density at radius 2 is 2.28 bits per heavy atom. The van der Waals surface area contributed by atoms with Crippen LogP contribution in [0.3, 0.4) is 0 Å². The largest absolute Gasteiger partial charge is 0.334 e. The molecule has 1 aliphatic rings. The molecule has 1 heterocycles. The van der Waals surface area contributed by atoms with E-state index < -0.39 is 6.03 Å². The first kappa shape index (κ1) is 14.7. The van der Waals surface area contributed by atoms with E-state index in [1.165, 1.54) is 0 Å². The molecule has 1 aliphatic heterocycles. The number of nitrogens with one attached hydrogen (secondary N) is 2. The molecule has 0 saturated carbocycles. The standard InChI is InChI=1S/C12H22N4O2/c1-2-5-14-12(18)15-11(17)9-16-6-3-4-10(7-13)8-16/h2,10H,1,3-9,13H2,(H2,14,15,17,18). The highest BCUT2D eigenvalue weighted by Gasteiger charge is 2.20. The minimum atomic E-state index is -0.479. The fraction of sp³-hybridized carbons (Fsp3) is 0.667. The molecule has 1 saturated heterocycles. The van der Waals surface area contributed by atoms with Gasteiger partial charge in [0.2, 0.25) is 5.91 Å². The quantitative estimate of drug-likeness (QED) is 0.586. The molecule has 1 fully saturated rings. The Bertz CT molecular complexity index is 306. The molecule has 0 spiro atoms. The number of imide groups is 1. The normalized spacial score (nSPS) is 20.2. The predicted octanol–water partition coefficient (Wildman–Crippen LogP) is -0.331. The molecule has 0 aliphatic carbocycles. The fourth-order valence-electron chi connectivity index (χ4n) is 2.07. The number of amides is 3. The van der Waals surface area contributed by atoms with Crippen LogP contribution >= 0.6 is 0 Å². The molecule has 18 heavy (non-hydrogen) atoms. The Kier molecular flexibility index (Phi) is 6.38. The lowest BCUT2D eigenvalue weighted by molar-refractivity contribution is -0.121. The third-order valence-corrected chi connectivity index (χ3v) is 2.96. The maximum absolute atomic E-state index is 11.6. The van der Waals surface area contributed by atoms with Crippen molar-refractivity contribution in [3.63, 3.8) is 0 Å². The molecule has 1 rings (SSSR count). The van der Waals surface area contributed by atoms with Gasteiger partial charge in [-0.15, -0.1) is 6.58 Å². The smallest absolute Gasteiger partial charge is 0.321 e. The third-order valence-electron chi connectivity index (χ3n) is 2.96. The molecule has 0 bridgehead atoms. The minimum Gasteiger partial charge on any atom is -0.334 e. The van der Waals surface area contributed by atoms with Gasteiger partial charge in [0.25, 0.3) is 0 Å². The summed E-state index contributed by atoms with van der Waals surface area (Å²) in [6.45, 7) is 6.44. The lowest BCUT2D eigenvalue weighted by Gasteiger charge is -2.31. The number of likely N-dealkylation sites (tertiary alicyclic amines) is 1. The summed E-state index contributed by atoms with van der Waals surface area (Å²) in [6, 6.07) is -0.479. The second-order valence-corrected chi connectivity index (χ2v) is 4.53. The number of nitrogens with zero attached hydrogens (tertiary/aromatic N) is 1. The van der Waals surface area contributed by atoms with E-state index in [-0.39, 0.29) is 12.5 Å². The number of rotatable bonds is 5. The van der Waals surface area contributed by atoms with Gasteiger partial charge in [-0.3, -0.25) is 15.0 Å². The maximum Gasteiger partial charge on any atom is 0.321 e. The Hall–Kier alpha value is -1.40. The summed E-state index contributed by atoms with van der Waals surface area (Å²) in [5, 5.41) is 4.78. The maximum atomic E-state index is 11.6. The van der Waals surface area contributed by atoms with Gasteiger partial charge < -0.3 is 11.1 Å². The van der Waals surface area contributed by atoms with Gasteiger partial charge in [-0.2, -0.15) is 0 Å². The van der Waals surface area contributed by atoms with Crippen LogP contribution in [0.4, 0.5) is 4.79 Å². The highest BCUT2D eigenvalue weighted by Crippen LogP contribution is 2.14. The number of hydrogen-bond donors (Lipinski definition) is 3. The predicted molar refractivity (Wildman–Crippen MR) is 70.0 cm³/mol. The summed E-state index contributed by atoms with van der Waals surface area (Å²) in [7, 11) is 0. The average molecular weight is 254 g/mol. The van der Waals surface area contributed by atoms with Crippen LogP contribution in [-0.2, 0) is 4.79 Å². The van der Waals surface area contributed by atoms with Crippen molar-refractivity contribution in [3.05, 3.63) is 12.7 Å². The van der Waals surface area contributed by atoms with Gasteiger partial charge in [0.15, 0.2) is 0 Å². The van der Waals surface area contributed by atoms with E-state index >= 15 is 0 Å². The molecule has 6 heteroatoms. The highest BCUT2D eigenvalue weighted by atomic mass is 16.2. The van der Waals surface area contributed by atoms with Crippen molar-refractivity contribution in [3.8, 4) is 0 Å². The lowest BCUT2D eigenvalue weighted by atomic mass is 9.98. The van der Waals surface area contributed by atoms with Crippen LogP contribution in [-0.4, -0.2) is 49.6 Å². The first-order valence-electron chi connectivity index (χ1n) is 6.26. The molecule has 6 nitrogen and oxygen atoms in total. The van der Waals surface area contributed by atoms with Crippen molar-refractivity contribution in [2.75, 3.05) is 32.7 Å². The zero-order valence-electron chi connectivity index (χ0n) is 10.7. The summed E-state index contributed by atoms with van der Waals surface area (Å²) >= 11 is 0. The van der Waals surface area contributed by atoms with Crippen LogP contribution in [0.25, 0.3) is 0 Å². The number of nitrogens with two attached hydrogens (primary N) is 1. The summed E-state index contributed by atoms with van der Waals surface area (Å²) in [5.74, 6) is 0.176. The minimum absolute atomic E-state index is 0.248. The zero-order valence-corrected chi connectivity index (χ0v) is 10.7. The highest BCUT2D eigenvalue weighted by molar-refractivity contribution is 5.95. The van der Waals surface area contributed by atoms with Crippen molar-refractivity contribution >= 4 is 11.9 Å². The van der Waals surface area contributed by atoms with Gasteiger partial charge in [-0.1, -0.05) is 6.08 Å². The molecule has 0 aromatic heterocycles. The molecular formula is C12H22N4O2. The van der Waals surface area contributed by atoms with Crippen LogP contribution in [0.1, 0.15) is 12.8 Å². The Morgan fingerprint density at radius 3 is 2.94 bits per heavy atom. The van der Waals surface area contributed by atoms with Crippen LogP contribution in [0.2, 0.25) is 0 Å². The molecule has 102 valence electrons. The average Bonchev–Trinajstić information content (AvgIpc) is 2.36. The SMILES string of the molecule is C=CCNC(=O)NC(=O)CN1CCCC(CN)C1. The number of piperidine rings is 1. The first-order chi connectivity index (χ1) is 8.65. The van der Waals surface area contributed by atoms with Gasteiger partial charge in [0, 0.05) is 13.1 Å². The van der Waals surface area contributed by atoms with Crippen molar-refractivity contribution in [2.45, 2.75) is 12.8 Å². The number of carbonyl (C=O) groups excluding carboxylic acids is 2. The Labute approximate surface area is 108 Å². The lowest BCUT2D eigenvalue weighted by Crippen LogP contribution is -2.47. The molecule has 0 aromatic rings. The molecule has 1 unspecified atom stereocenters. The van der Waals surface area contributed by atoms with E-state index in [2.05, 4.69) is 17.2 Å². The molecule has 3 amide bonds. The number of urea groups is 1.